The second kappa shape index (κ2) is 8.81. The van der Waals surface area contributed by atoms with Gasteiger partial charge in [0, 0.05) is 24.0 Å². The molecule has 0 saturated carbocycles. The van der Waals surface area contributed by atoms with Crippen molar-refractivity contribution >= 4 is 17.4 Å². The van der Waals surface area contributed by atoms with E-state index in [1.807, 2.05) is 42.5 Å². The molecule has 3 rings (SSSR count). The minimum atomic E-state index is -0.136. The van der Waals surface area contributed by atoms with Crippen molar-refractivity contribution in [3.8, 4) is 0 Å². The van der Waals surface area contributed by atoms with Crippen LogP contribution in [0.5, 0.6) is 0 Å². The molecule has 1 aromatic heterocycles. The van der Waals surface area contributed by atoms with E-state index >= 15 is 0 Å². The number of anilines is 2. The molecular weight excluding hydrogens is 322 g/mol. The van der Waals surface area contributed by atoms with E-state index in [1.165, 1.54) is 11.1 Å². The topological polar surface area (TPSA) is 54.0 Å². The molecule has 2 aromatic carbocycles. The summed E-state index contributed by atoms with van der Waals surface area (Å²) in [6.07, 6.45) is 3.54. The van der Waals surface area contributed by atoms with Gasteiger partial charge in [-0.05, 0) is 48.2 Å². The molecule has 26 heavy (non-hydrogen) atoms. The molecule has 0 radical (unpaired) electrons. The zero-order valence-corrected chi connectivity index (χ0v) is 14.9. The second-order valence-corrected chi connectivity index (χ2v) is 6.10. The summed E-state index contributed by atoms with van der Waals surface area (Å²) >= 11 is 0. The van der Waals surface area contributed by atoms with Crippen molar-refractivity contribution in [1.82, 2.24) is 4.98 Å². The van der Waals surface area contributed by atoms with Gasteiger partial charge in [0.2, 0.25) is 0 Å². The van der Waals surface area contributed by atoms with Gasteiger partial charge >= 0.3 is 0 Å². The average Bonchev–Trinajstić information content (AvgIpc) is 2.69. The van der Waals surface area contributed by atoms with Crippen LogP contribution in [0, 0.1) is 0 Å². The predicted molar refractivity (Wildman–Crippen MR) is 107 cm³/mol. The molecule has 132 valence electrons. The van der Waals surface area contributed by atoms with Crippen LogP contribution >= 0.6 is 0 Å². The number of nitrogens with one attached hydrogen (secondary N) is 2. The molecule has 0 unspecified atom stereocenters. The molecule has 4 heteroatoms. The zero-order valence-electron chi connectivity index (χ0n) is 14.9. The molecule has 0 fully saturated rings. The summed E-state index contributed by atoms with van der Waals surface area (Å²) in [7, 11) is 0. The number of benzene rings is 2. The third-order valence-electron chi connectivity index (χ3n) is 4.20. The molecule has 0 atom stereocenters. The highest BCUT2D eigenvalue weighted by Gasteiger charge is 2.07. The lowest BCUT2D eigenvalue weighted by Crippen LogP contribution is -2.13. The van der Waals surface area contributed by atoms with E-state index in [9.17, 15) is 4.79 Å². The van der Waals surface area contributed by atoms with Gasteiger partial charge in [0.15, 0.2) is 0 Å². The third kappa shape index (κ3) is 4.93. The van der Waals surface area contributed by atoms with Gasteiger partial charge in [-0.1, -0.05) is 49.4 Å². The van der Waals surface area contributed by atoms with E-state index in [4.69, 9.17) is 0 Å². The lowest BCUT2D eigenvalue weighted by atomic mass is 10.1. The van der Waals surface area contributed by atoms with Crippen molar-refractivity contribution in [2.75, 3.05) is 17.2 Å². The van der Waals surface area contributed by atoms with Crippen LogP contribution in [0.2, 0.25) is 0 Å². The quantitative estimate of drug-likeness (QED) is 0.660. The van der Waals surface area contributed by atoms with Gasteiger partial charge in [0.25, 0.3) is 5.91 Å². The lowest BCUT2D eigenvalue weighted by molar-refractivity contribution is 0.102. The Kier molecular flexibility index (Phi) is 5.99. The van der Waals surface area contributed by atoms with Crippen LogP contribution in [-0.2, 0) is 12.8 Å². The lowest BCUT2D eigenvalue weighted by Gasteiger charge is -2.09. The average molecular weight is 345 g/mol. The number of hydrogen-bond donors (Lipinski definition) is 2. The fourth-order valence-electron chi connectivity index (χ4n) is 2.68. The number of aryl methyl sites for hydroxylation is 1. The Morgan fingerprint density at radius 3 is 2.46 bits per heavy atom. The summed E-state index contributed by atoms with van der Waals surface area (Å²) < 4.78 is 0. The fourth-order valence-corrected chi connectivity index (χ4v) is 2.68. The monoisotopic (exact) mass is 345 g/mol. The Bertz CT molecular complexity index is 845. The molecule has 0 spiro atoms. The van der Waals surface area contributed by atoms with E-state index in [1.54, 1.807) is 18.3 Å². The van der Waals surface area contributed by atoms with Gasteiger partial charge < -0.3 is 10.6 Å². The van der Waals surface area contributed by atoms with Gasteiger partial charge in [0.1, 0.15) is 5.82 Å². The largest absolute Gasteiger partial charge is 0.370 e. The van der Waals surface area contributed by atoms with Gasteiger partial charge in [-0.15, -0.1) is 0 Å². The number of rotatable bonds is 7. The summed E-state index contributed by atoms with van der Waals surface area (Å²) in [4.78, 5) is 16.7. The van der Waals surface area contributed by atoms with E-state index in [0.29, 0.717) is 11.4 Å². The Hall–Kier alpha value is -3.14. The van der Waals surface area contributed by atoms with Crippen molar-refractivity contribution < 1.29 is 4.79 Å². The molecule has 0 bridgehead atoms. The molecule has 0 aliphatic rings. The molecule has 1 amide bonds. The Balaban J connectivity index is 1.57. The molecule has 1 heterocycles. The number of carbonyl (C=O) groups is 1. The number of hydrogen-bond acceptors (Lipinski definition) is 3. The van der Waals surface area contributed by atoms with E-state index < -0.39 is 0 Å². The zero-order chi connectivity index (χ0) is 18.2. The molecule has 3 aromatic rings. The van der Waals surface area contributed by atoms with Crippen LogP contribution in [0.15, 0.2) is 72.9 Å². The van der Waals surface area contributed by atoms with Crippen LogP contribution in [-0.4, -0.2) is 17.4 Å². The summed E-state index contributed by atoms with van der Waals surface area (Å²) in [6.45, 7) is 2.87. The van der Waals surface area contributed by atoms with Crippen molar-refractivity contribution in [1.29, 1.82) is 0 Å². The summed E-state index contributed by atoms with van der Waals surface area (Å²) in [5.74, 6) is 0.567. The SMILES string of the molecule is CCc1ccc(NC(=O)c2ccnc(NCCc3ccccc3)c2)cc1. The summed E-state index contributed by atoms with van der Waals surface area (Å²) in [5, 5.41) is 6.20. The van der Waals surface area contributed by atoms with Crippen LogP contribution in [0.25, 0.3) is 0 Å². The van der Waals surface area contributed by atoms with Crippen molar-refractivity contribution in [3.05, 3.63) is 89.6 Å². The number of pyridine rings is 1. The maximum Gasteiger partial charge on any atom is 0.255 e. The summed E-state index contributed by atoms with van der Waals surface area (Å²) in [5.41, 5.74) is 3.89. The van der Waals surface area contributed by atoms with Crippen LogP contribution in [0.1, 0.15) is 28.4 Å². The normalized spacial score (nSPS) is 10.3. The first-order valence-corrected chi connectivity index (χ1v) is 8.89. The van der Waals surface area contributed by atoms with E-state index in [2.05, 4.69) is 34.7 Å². The van der Waals surface area contributed by atoms with Gasteiger partial charge in [-0.25, -0.2) is 4.98 Å². The highest BCUT2D eigenvalue weighted by atomic mass is 16.1. The van der Waals surface area contributed by atoms with Crippen molar-refractivity contribution in [3.63, 3.8) is 0 Å². The van der Waals surface area contributed by atoms with Crippen molar-refractivity contribution in [2.45, 2.75) is 19.8 Å². The van der Waals surface area contributed by atoms with Crippen LogP contribution in [0.4, 0.5) is 11.5 Å². The minimum absolute atomic E-state index is 0.136. The van der Waals surface area contributed by atoms with E-state index in [-0.39, 0.29) is 5.91 Å². The Labute approximate surface area is 154 Å². The first-order chi connectivity index (χ1) is 12.7. The number of carbonyl (C=O) groups excluding carboxylic acids is 1. The number of nitrogens with zero attached hydrogens (tertiary/aromatic N) is 1. The maximum atomic E-state index is 12.4. The maximum absolute atomic E-state index is 12.4. The second-order valence-electron chi connectivity index (χ2n) is 6.10. The number of amides is 1. The van der Waals surface area contributed by atoms with Gasteiger partial charge in [0.05, 0.1) is 0 Å². The first kappa shape index (κ1) is 17.7. The first-order valence-electron chi connectivity index (χ1n) is 8.89. The molecule has 0 aliphatic heterocycles. The standard InChI is InChI=1S/C22H23N3O/c1-2-17-8-10-20(11-9-17)25-22(26)19-13-15-24-21(16-19)23-14-12-18-6-4-3-5-7-18/h3-11,13,15-16H,2,12,14H2,1H3,(H,23,24)(H,25,26). The smallest absolute Gasteiger partial charge is 0.255 e. The Morgan fingerprint density at radius 1 is 0.962 bits per heavy atom. The molecule has 0 saturated heterocycles. The van der Waals surface area contributed by atoms with E-state index in [0.717, 1.165) is 25.1 Å². The molecule has 0 aliphatic carbocycles. The van der Waals surface area contributed by atoms with Crippen LogP contribution in [0.3, 0.4) is 0 Å². The van der Waals surface area contributed by atoms with Crippen molar-refractivity contribution in [2.24, 2.45) is 0 Å². The highest BCUT2D eigenvalue weighted by molar-refractivity contribution is 6.04. The Morgan fingerprint density at radius 2 is 1.73 bits per heavy atom. The number of aromatic nitrogens is 1. The van der Waals surface area contributed by atoms with Gasteiger partial charge in [-0.3, -0.25) is 4.79 Å². The molecular formula is C22H23N3O. The molecule has 2 N–H and O–H groups in total. The predicted octanol–water partition coefficient (Wildman–Crippen LogP) is 4.55. The molecule has 4 nitrogen and oxygen atoms in total. The fraction of sp³-hybridized carbons (Fsp3) is 0.182. The third-order valence-corrected chi connectivity index (χ3v) is 4.20. The van der Waals surface area contributed by atoms with Gasteiger partial charge in [-0.2, -0.15) is 0 Å². The van der Waals surface area contributed by atoms with Crippen LogP contribution < -0.4 is 10.6 Å². The summed E-state index contributed by atoms with van der Waals surface area (Å²) in [6, 6.07) is 21.7. The highest BCUT2D eigenvalue weighted by Crippen LogP contribution is 2.13. The minimum Gasteiger partial charge on any atom is -0.370 e.